The summed E-state index contributed by atoms with van der Waals surface area (Å²) in [7, 11) is -3.87. The maximum Gasteiger partial charge on any atom is 0.291 e. The lowest BCUT2D eigenvalue weighted by molar-refractivity contribution is 0.150. The Bertz CT molecular complexity index is 1320. The number of halogens is 3. The molecule has 2 atom stereocenters. The van der Waals surface area contributed by atoms with Gasteiger partial charge in [-0.25, -0.2) is 26.3 Å². The maximum atomic E-state index is 13.6. The number of fused-ring (bicyclic) bond motifs is 1. The number of nitrogens with one attached hydrogen (secondary N) is 2. The van der Waals surface area contributed by atoms with Gasteiger partial charge in [0.05, 0.1) is 22.9 Å². The first-order valence-corrected chi connectivity index (χ1v) is 13.3. The van der Waals surface area contributed by atoms with Crippen LogP contribution in [0.1, 0.15) is 38.1 Å². The molecule has 0 spiro atoms. The van der Waals surface area contributed by atoms with Gasteiger partial charge in [-0.1, -0.05) is 11.3 Å². The number of sulfonamides is 1. The second-order valence-electron chi connectivity index (χ2n) is 9.10. The van der Waals surface area contributed by atoms with Crippen molar-refractivity contribution in [2.24, 2.45) is 0 Å². The van der Waals surface area contributed by atoms with Gasteiger partial charge >= 0.3 is 0 Å². The van der Waals surface area contributed by atoms with Crippen LogP contribution in [0.3, 0.4) is 0 Å². The van der Waals surface area contributed by atoms with Gasteiger partial charge in [-0.05, 0) is 44.9 Å². The van der Waals surface area contributed by atoms with E-state index in [1.807, 2.05) is 18.7 Å². The van der Waals surface area contributed by atoms with Gasteiger partial charge in [0.25, 0.3) is 6.43 Å². The van der Waals surface area contributed by atoms with E-state index >= 15 is 0 Å². The summed E-state index contributed by atoms with van der Waals surface area (Å²) >= 11 is 0.762. The number of piperazine rings is 1. The molecule has 0 bridgehead atoms. The second-order valence-corrected chi connectivity index (χ2v) is 11.8. The van der Waals surface area contributed by atoms with E-state index in [1.54, 1.807) is 22.6 Å². The summed E-state index contributed by atoms with van der Waals surface area (Å²) in [5.74, 6) is 0. The number of alkyl halides is 3. The predicted octanol–water partition coefficient (Wildman–Crippen LogP) is 3.36. The Morgan fingerprint density at radius 3 is 2.74 bits per heavy atom. The summed E-state index contributed by atoms with van der Waals surface area (Å²) in [6, 6.07) is 4.47. The topological polar surface area (TPSA) is 91.6 Å². The molecule has 1 aliphatic carbocycles. The van der Waals surface area contributed by atoms with Crippen LogP contribution in [-0.2, 0) is 10.0 Å². The first-order chi connectivity index (χ1) is 16.1. The van der Waals surface area contributed by atoms with Crippen LogP contribution >= 0.6 is 11.3 Å². The normalized spacial score (nSPS) is 22.6. The van der Waals surface area contributed by atoms with E-state index in [9.17, 15) is 21.6 Å². The summed E-state index contributed by atoms with van der Waals surface area (Å²) in [6.07, 6.45) is 0.242. The molecule has 0 amide bonds. The fourth-order valence-electron chi connectivity index (χ4n) is 4.30. The lowest BCUT2D eigenvalue weighted by Crippen LogP contribution is -2.57. The molecule has 5 rings (SSSR count). The highest BCUT2D eigenvalue weighted by Gasteiger charge is 2.41. The molecule has 1 aliphatic heterocycles. The molecule has 1 saturated carbocycles. The van der Waals surface area contributed by atoms with Gasteiger partial charge in [0.1, 0.15) is 11.6 Å². The zero-order chi connectivity index (χ0) is 24.3. The number of anilines is 1. The Kier molecular flexibility index (Phi) is 5.86. The van der Waals surface area contributed by atoms with E-state index in [4.69, 9.17) is 0 Å². The Morgan fingerprint density at radius 2 is 2.09 bits per heavy atom. The van der Waals surface area contributed by atoms with Crippen LogP contribution in [0.2, 0.25) is 0 Å². The summed E-state index contributed by atoms with van der Waals surface area (Å²) in [5.41, 5.74) is 1.29. The number of hydrogen-bond acceptors (Lipinski definition) is 7. The Morgan fingerprint density at radius 1 is 1.32 bits per heavy atom. The van der Waals surface area contributed by atoms with Crippen LogP contribution in [0, 0.1) is 0 Å². The highest BCUT2D eigenvalue weighted by molar-refractivity contribution is 7.89. The van der Waals surface area contributed by atoms with Crippen molar-refractivity contribution in [3.63, 3.8) is 0 Å². The van der Waals surface area contributed by atoms with Crippen LogP contribution in [-0.4, -0.2) is 60.4 Å². The minimum atomic E-state index is -3.87. The third kappa shape index (κ3) is 4.18. The minimum absolute atomic E-state index is 0.0432. The molecule has 1 saturated heterocycles. The van der Waals surface area contributed by atoms with Gasteiger partial charge in [0.2, 0.25) is 10.0 Å². The summed E-state index contributed by atoms with van der Waals surface area (Å²) < 4.78 is 70.8. The molecule has 3 aromatic rings. The highest BCUT2D eigenvalue weighted by atomic mass is 32.2. The van der Waals surface area contributed by atoms with Gasteiger partial charge in [0.15, 0.2) is 10.0 Å². The summed E-state index contributed by atoms with van der Waals surface area (Å²) in [4.78, 5) is 2.03. The van der Waals surface area contributed by atoms with Gasteiger partial charge in [-0.3, -0.25) is 0 Å². The molecule has 8 nitrogen and oxygen atoms in total. The first kappa shape index (κ1) is 23.5. The minimum Gasteiger partial charge on any atom is -0.364 e. The van der Waals surface area contributed by atoms with Crippen LogP contribution in [0.25, 0.3) is 16.2 Å². The van der Waals surface area contributed by atoms with Crippen LogP contribution < -0.4 is 14.9 Å². The van der Waals surface area contributed by atoms with Gasteiger partial charge in [-0.15, -0.1) is 10.2 Å². The number of hydrogen-bond donors (Lipinski definition) is 2. The van der Waals surface area contributed by atoms with Gasteiger partial charge in [0, 0.05) is 30.9 Å². The van der Waals surface area contributed by atoms with Crippen molar-refractivity contribution in [3.05, 3.63) is 29.4 Å². The molecule has 2 N–H and O–H groups in total. The van der Waals surface area contributed by atoms with Crippen LogP contribution in [0.4, 0.5) is 18.9 Å². The molecule has 13 heteroatoms. The molecule has 2 aliphatic rings. The molecular weight excluding hydrogens is 489 g/mol. The van der Waals surface area contributed by atoms with Crippen molar-refractivity contribution in [1.82, 2.24) is 24.6 Å². The zero-order valence-corrected chi connectivity index (χ0v) is 20.3. The number of pyridine rings is 1. The molecule has 2 fully saturated rings. The molecule has 34 heavy (non-hydrogen) atoms. The quantitative estimate of drug-likeness (QED) is 0.503. The average molecular weight is 515 g/mol. The van der Waals surface area contributed by atoms with Crippen molar-refractivity contribution < 1.29 is 21.6 Å². The van der Waals surface area contributed by atoms with Crippen molar-refractivity contribution in [1.29, 1.82) is 0 Å². The summed E-state index contributed by atoms with van der Waals surface area (Å²) in [5, 5.41) is 10.5. The van der Waals surface area contributed by atoms with Crippen molar-refractivity contribution >= 4 is 32.6 Å². The highest BCUT2D eigenvalue weighted by Crippen LogP contribution is 2.38. The van der Waals surface area contributed by atoms with E-state index < -0.39 is 39.7 Å². The predicted molar refractivity (Wildman–Crippen MR) is 124 cm³/mol. The van der Waals surface area contributed by atoms with E-state index in [-0.39, 0.29) is 15.9 Å². The Labute approximate surface area is 199 Å². The molecule has 3 aromatic heterocycles. The Balaban J connectivity index is 1.67. The Hall–Kier alpha value is -2.22. The average Bonchev–Trinajstić information content (AvgIpc) is 3.19. The first-order valence-electron chi connectivity index (χ1n) is 11.0. The fraction of sp³-hybridized carbons (Fsp3) is 0.524. The molecule has 0 radical (unpaired) electrons. The van der Waals surface area contributed by atoms with E-state index in [2.05, 4.69) is 20.2 Å². The zero-order valence-electron chi connectivity index (χ0n) is 18.6. The summed E-state index contributed by atoms with van der Waals surface area (Å²) in [6.45, 7) is 4.28. The molecule has 4 heterocycles. The molecule has 0 aromatic carbocycles. The lowest BCUT2D eigenvalue weighted by atomic mass is 10.1. The number of aromatic nitrogens is 3. The SMILES string of the molecule is C[C@@H]1[C@H](CF)NCCN1c1cc(S(=O)(=O)NC2(C)CC2)cn2c(-c3nnc(C(F)F)s3)ccc12. The van der Waals surface area contributed by atoms with E-state index in [0.717, 1.165) is 24.2 Å². The largest absolute Gasteiger partial charge is 0.364 e. The molecule has 184 valence electrons. The van der Waals surface area contributed by atoms with Crippen LogP contribution in [0.15, 0.2) is 29.3 Å². The lowest BCUT2D eigenvalue weighted by Gasteiger charge is -2.41. The fourth-order valence-corrected chi connectivity index (χ4v) is 6.51. The van der Waals surface area contributed by atoms with Gasteiger partial charge in [-0.2, -0.15) is 0 Å². The van der Waals surface area contributed by atoms with Crippen molar-refractivity contribution in [2.45, 2.75) is 55.6 Å². The molecule has 0 unspecified atom stereocenters. The van der Waals surface area contributed by atoms with Crippen molar-refractivity contribution in [3.8, 4) is 10.7 Å². The van der Waals surface area contributed by atoms with Crippen LogP contribution in [0.5, 0.6) is 0 Å². The van der Waals surface area contributed by atoms with Gasteiger partial charge < -0.3 is 14.6 Å². The van der Waals surface area contributed by atoms with E-state index in [0.29, 0.717) is 30.0 Å². The third-order valence-corrected chi connectivity index (χ3v) is 9.12. The second kappa shape index (κ2) is 8.47. The number of rotatable bonds is 7. The third-order valence-electron chi connectivity index (χ3n) is 6.56. The smallest absolute Gasteiger partial charge is 0.291 e. The number of nitrogens with zero attached hydrogens (tertiary/aromatic N) is 4. The monoisotopic (exact) mass is 514 g/mol. The standard InChI is InChI=1S/C21H25F3N6O2S2/c1-12-14(10-22)25-7-8-29(12)17-9-13(34(31,32)28-21(2)5-6-21)11-30-15(17)3-4-16(30)19-26-27-20(33-19)18(23)24/h3-4,9,11-12,14,18,25,28H,5-8,10H2,1-2H3/t12-,14+/m1/s1. The van der Waals surface area contributed by atoms with Crippen molar-refractivity contribution in [2.75, 3.05) is 24.7 Å². The van der Waals surface area contributed by atoms with E-state index in [1.165, 1.54) is 6.20 Å². The maximum absolute atomic E-state index is 13.6. The molecular formula is C21H25F3N6O2S2.